The molecule has 11 heteroatoms. The quantitative estimate of drug-likeness (QED) is 0.780. The Morgan fingerprint density at radius 3 is 2.05 bits per heavy atom. The van der Waals surface area contributed by atoms with Crippen molar-refractivity contribution in [2.75, 3.05) is 15.2 Å². The molecule has 0 saturated heterocycles. The van der Waals surface area contributed by atoms with Crippen LogP contribution in [0.4, 0.5) is 11.4 Å². The first kappa shape index (κ1) is 16.2. The highest BCUT2D eigenvalue weighted by Gasteiger charge is 2.19. The summed E-state index contributed by atoms with van der Waals surface area (Å²) < 4.78 is 53.0. The molecule has 0 atom stereocenters. The Labute approximate surface area is 128 Å². The highest BCUT2D eigenvalue weighted by atomic mass is 32.2. The molecule has 9 nitrogen and oxygen atoms in total. The molecule has 1 heterocycles. The van der Waals surface area contributed by atoms with Gasteiger partial charge in [0.25, 0.3) is 10.0 Å². The molecule has 0 fully saturated rings. The van der Waals surface area contributed by atoms with Gasteiger partial charge < -0.3 is 0 Å². The third-order valence-corrected chi connectivity index (χ3v) is 5.47. The lowest BCUT2D eigenvalue weighted by Gasteiger charge is -2.09. The average Bonchev–Trinajstić information content (AvgIpc) is 2.88. The van der Waals surface area contributed by atoms with E-state index >= 15 is 0 Å². The smallest absolute Gasteiger partial charge is 0.280 e. The zero-order chi connectivity index (χ0) is 16.4. The highest BCUT2D eigenvalue weighted by molar-refractivity contribution is 7.92. The van der Waals surface area contributed by atoms with Crippen LogP contribution in [0, 0.1) is 0 Å². The van der Waals surface area contributed by atoms with Crippen LogP contribution in [-0.4, -0.2) is 37.6 Å². The fourth-order valence-electron chi connectivity index (χ4n) is 1.59. The van der Waals surface area contributed by atoms with E-state index in [1.807, 2.05) is 0 Å². The van der Waals surface area contributed by atoms with E-state index in [9.17, 15) is 16.8 Å². The van der Waals surface area contributed by atoms with Gasteiger partial charge in [0.1, 0.15) is 0 Å². The molecule has 2 rings (SSSR count). The molecule has 22 heavy (non-hydrogen) atoms. The number of nitrogens with one attached hydrogen (secondary N) is 2. The van der Waals surface area contributed by atoms with Crippen LogP contribution in [0.5, 0.6) is 0 Å². The van der Waals surface area contributed by atoms with E-state index in [0.29, 0.717) is 11.4 Å². The molecule has 0 aliphatic rings. The van der Waals surface area contributed by atoms with Crippen LogP contribution in [0.2, 0.25) is 0 Å². The summed E-state index contributed by atoms with van der Waals surface area (Å²) in [4.78, 5) is 0. The summed E-state index contributed by atoms with van der Waals surface area (Å²) in [5.41, 5.74) is 0.646. The van der Waals surface area contributed by atoms with Crippen LogP contribution < -0.4 is 9.44 Å². The minimum Gasteiger partial charge on any atom is -0.284 e. The van der Waals surface area contributed by atoms with Crippen LogP contribution in [0.3, 0.4) is 0 Å². The number of hydrogen-bond acceptors (Lipinski definition) is 6. The molecule has 1 aromatic heterocycles. The fraction of sp³-hybridized carbons (Fsp3) is 0.273. The molecule has 0 unspecified atom stereocenters. The Morgan fingerprint density at radius 2 is 1.59 bits per heavy atom. The Balaban J connectivity index is 2.17. The normalized spacial score (nSPS) is 12.1. The first-order chi connectivity index (χ1) is 10.2. The van der Waals surface area contributed by atoms with E-state index in [4.69, 9.17) is 0 Å². The molecular weight excluding hydrogens is 330 g/mol. The Hall–Kier alpha value is -2.14. The van der Waals surface area contributed by atoms with E-state index in [1.54, 1.807) is 0 Å². The molecule has 2 aromatic rings. The van der Waals surface area contributed by atoms with Gasteiger partial charge in [-0.05, 0) is 31.2 Å². The number of anilines is 2. The van der Waals surface area contributed by atoms with Gasteiger partial charge in [-0.25, -0.2) is 13.1 Å². The number of rotatable bonds is 6. The van der Waals surface area contributed by atoms with Gasteiger partial charge in [0.2, 0.25) is 10.0 Å². The maximum absolute atomic E-state index is 12.1. The van der Waals surface area contributed by atoms with Gasteiger partial charge in [-0.3, -0.25) is 9.44 Å². The van der Waals surface area contributed by atoms with Crippen molar-refractivity contribution in [3.63, 3.8) is 0 Å². The van der Waals surface area contributed by atoms with Crippen LogP contribution in [-0.2, 0) is 27.1 Å². The summed E-state index contributed by atoms with van der Waals surface area (Å²) in [6, 6.07) is 5.84. The Kier molecular flexibility index (Phi) is 4.37. The molecule has 0 amide bonds. The number of aryl methyl sites for hydroxylation is 1. The molecule has 120 valence electrons. The van der Waals surface area contributed by atoms with Gasteiger partial charge in [0.05, 0.1) is 11.9 Å². The average molecular weight is 345 g/mol. The first-order valence-electron chi connectivity index (χ1n) is 6.21. The second-order valence-corrected chi connectivity index (χ2v) is 8.02. The molecule has 0 saturated carbocycles. The van der Waals surface area contributed by atoms with E-state index in [-0.39, 0.29) is 10.8 Å². The van der Waals surface area contributed by atoms with Crippen molar-refractivity contribution < 1.29 is 16.8 Å². The number of aromatic nitrogens is 3. The molecule has 0 radical (unpaired) electrons. The van der Waals surface area contributed by atoms with Crippen LogP contribution >= 0.6 is 0 Å². The van der Waals surface area contributed by atoms with Gasteiger partial charge in [-0.15, -0.1) is 5.10 Å². The molecule has 1 aromatic carbocycles. The summed E-state index contributed by atoms with van der Waals surface area (Å²) in [5, 5.41) is 6.99. The number of nitrogens with zero attached hydrogens (tertiary/aromatic N) is 3. The van der Waals surface area contributed by atoms with Crippen LogP contribution in [0.25, 0.3) is 0 Å². The van der Waals surface area contributed by atoms with Crippen molar-refractivity contribution in [2.45, 2.75) is 11.9 Å². The Bertz CT molecular complexity index is 856. The van der Waals surface area contributed by atoms with Gasteiger partial charge in [0.15, 0.2) is 5.03 Å². The maximum Gasteiger partial charge on any atom is 0.280 e. The Morgan fingerprint density at radius 1 is 1.05 bits per heavy atom. The molecule has 0 aliphatic heterocycles. The standard InChI is InChI=1S/C11H15N5O4S2/c1-3-21(17,18)13-9-4-6-10(7-5-9)14-22(19,20)11-8-12-15-16(11)2/h4-8,13-14H,3H2,1-2H3. The molecule has 2 N–H and O–H groups in total. The number of sulfonamides is 2. The van der Waals surface area contributed by atoms with Crippen molar-refractivity contribution in [3.8, 4) is 0 Å². The largest absolute Gasteiger partial charge is 0.284 e. The van der Waals surface area contributed by atoms with Crippen molar-refractivity contribution in [3.05, 3.63) is 30.5 Å². The maximum atomic E-state index is 12.1. The highest BCUT2D eigenvalue weighted by Crippen LogP contribution is 2.18. The lowest BCUT2D eigenvalue weighted by atomic mass is 10.3. The summed E-state index contributed by atoms with van der Waals surface area (Å²) >= 11 is 0. The second kappa shape index (κ2) is 5.93. The lowest BCUT2D eigenvalue weighted by Crippen LogP contribution is -2.17. The predicted molar refractivity (Wildman–Crippen MR) is 81.3 cm³/mol. The van der Waals surface area contributed by atoms with Crippen LogP contribution in [0.15, 0.2) is 35.5 Å². The third kappa shape index (κ3) is 3.74. The van der Waals surface area contributed by atoms with Crippen molar-refractivity contribution in [2.24, 2.45) is 7.05 Å². The minimum absolute atomic E-state index is 0.0468. The van der Waals surface area contributed by atoms with Gasteiger partial charge >= 0.3 is 0 Å². The van der Waals surface area contributed by atoms with Crippen LogP contribution in [0.1, 0.15) is 6.92 Å². The predicted octanol–water partition coefficient (Wildman–Crippen LogP) is 0.377. The SMILES string of the molecule is CCS(=O)(=O)Nc1ccc(NS(=O)(=O)c2cnnn2C)cc1. The molecule has 0 bridgehead atoms. The summed E-state index contributed by atoms with van der Waals surface area (Å²) in [6.07, 6.45) is 1.13. The third-order valence-electron chi connectivity index (χ3n) is 2.74. The summed E-state index contributed by atoms with van der Waals surface area (Å²) in [6.45, 7) is 1.52. The lowest BCUT2D eigenvalue weighted by molar-refractivity contribution is 0.579. The van der Waals surface area contributed by atoms with E-state index in [2.05, 4.69) is 19.8 Å². The van der Waals surface area contributed by atoms with E-state index < -0.39 is 20.0 Å². The van der Waals surface area contributed by atoms with Gasteiger partial charge in [0, 0.05) is 18.4 Å². The van der Waals surface area contributed by atoms with Gasteiger partial charge in [-0.2, -0.15) is 8.42 Å². The molecule has 0 aliphatic carbocycles. The van der Waals surface area contributed by atoms with E-state index in [1.165, 1.54) is 38.2 Å². The molecule has 0 spiro atoms. The topological polar surface area (TPSA) is 123 Å². The van der Waals surface area contributed by atoms with Crippen molar-refractivity contribution in [1.82, 2.24) is 15.0 Å². The first-order valence-corrected chi connectivity index (χ1v) is 9.35. The zero-order valence-electron chi connectivity index (χ0n) is 11.9. The number of benzene rings is 1. The summed E-state index contributed by atoms with van der Waals surface area (Å²) in [5.74, 6) is -0.0468. The van der Waals surface area contributed by atoms with Crippen molar-refractivity contribution >= 4 is 31.4 Å². The fourth-order valence-corrected chi connectivity index (χ4v) is 3.35. The second-order valence-electron chi connectivity index (χ2n) is 4.38. The minimum atomic E-state index is -3.80. The zero-order valence-corrected chi connectivity index (χ0v) is 13.5. The van der Waals surface area contributed by atoms with Crippen molar-refractivity contribution in [1.29, 1.82) is 0 Å². The summed E-state index contributed by atoms with van der Waals surface area (Å²) in [7, 11) is -5.71. The van der Waals surface area contributed by atoms with Gasteiger partial charge in [-0.1, -0.05) is 5.21 Å². The van der Waals surface area contributed by atoms with E-state index in [0.717, 1.165) is 10.9 Å². The monoisotopic (exact) mass is 345 g/mol. The molecular formula is C11H15N5O4S2. The number of hydrogen-bond donors (Lipinski definition) is 2.